The zero-order chi connectivity index (χ0) is 22.4. The number of benzene rings is 2. The van der Waals surface area contributed by atoms with Crippen LogP contribution in [0.2, 0.25) is 0 Å². The minimum absolute atomic E-state index is 0.171. The van der Waals surface area contributed by atoms with E-state index in [0.29, 0.717) is 13.0 Å². The van der Waals surface area contributed by atoms with Gasteiger partial charge in [0.25, 0.3) is 0 Å². The maximum Gasteiger partial charge on any atom is 0.226 e. The van der Waals surface area contributed by atoms with Crippen LogP contribution in [-0.2, 0) is 11.2 Å². The fraction of sp³-hybridized carbons (Fsp3) is 0.462. The molecule has 1 fully saturated rings. The largest absolute Gasteiger partial charge is 0.369 e. The Labute approximate surface area is 195 Å². The second kappa shape index (κ2) is 10.5. The molecule has 6 heteroatoms. The number of carbonyl (C=O) groups excluding carboxylic acids is 1. The van der Waals surface area contributed by atoms with Gasteiger partial charge in [-0.15, -0.1) is 11.3 Å². The number of nitrogens with one attached hydrogen (secondary N) is 1. The van der Waals surface area contributed by atoms with E-state index in [1.165, 1.54) is 10.4 Å². The van der Waals surface area contributed by atoms with Crippen molar-refractivity contribution in [3.8, 4) is 0 Å². The molecule has 3 aromatic rings. The summed E-state index contributed by atoms with van der Waals surface area (Å²) in [5.74, 6) is 0.171. The maximum absolute atomic E-state index is 13.3. The summed E-state index contributed by atoms with van der Waals surface area (Å²) in [6, 6.07) is 18.8. The van der Waals surface area contributed by atoms with Gasteiger partial charge in [0.15, 0.2) is 0 Å². The maximum atomic E-state index is 13.3. The van der Waals surface area contributed by atoms with Crippen LogP contribution in [0.25, 0.3) is 10.2 Å². The van der Waals surface area contributed by atoms with Crippen molar-refractivity contribution in [2.75, 3.05) is 44.2 Å². The first-order chi connectivity index (χ1) is 15.6. The van der Waals surface area contributed by atoms with Crippen molar-refractivity contribution in [2.24, 2.45) is 5.41 Å². The molecule has 0 unspecified atom stereocenters. The summed E-state index contributed by atoms with van der Waals surface area (Å²) in [5, 5.41) is 4.31. The van der Waals surface area contributed by atoms with E-state index in [1.807, 2.05) is 18.2 Å². The Bertz CT molecular complexity index is 974. The Morgan fingerprint density at radius 3 is 2.38 bits per heavy atom. The highest BCUT2D eigenvalue weighted by molar-refractivity contribution is 7.18. The molecule has 0 bridgehead atoms. The Hall–Kier alpha value is -2.44. The van der Waals surface area contributed by atoms with Gasteiger partial charge in [0.1, 0.15) is 0 Å². The van der Waals surface area contributed by atoms with Crippen molar-refractivity contribution in [3.05, 3.63) is 59.6 Å². The molecule has 0 radical (unpaired) electrons. The lowest BCUT2D eigenvalue weighted by Gasteiger charge is -2.36. The molecule has 0 spiro atoms. The average Bonchev–Trinajstić information content (AvgIpc) is 3.26. The van der Waals surface area contributed by atoms with Crippen LogP contribution in [-0.4, -0.2) is 55.1 Å². The van der Waals surface area contributed by atoms with Gasteiger partial charge >= 0.3 is 0 Å². The van der Waals surface area contributed by atoms with Crippen LogP contribution < -0.4 is 10.2 Å². The van der Waals surface area contributed by atoms with E-state index >= 15 is 0 Å². The number of anilines is 1. The van der Waals surface area contributed by atoms with E-state index in [-0.39, 0.29) is 11.3 Å². The summed E-state index contributed by atoms with van der Waals surface area (Å²) < 4.78 is 1.19. The molecule has 1 saturated heterocycles. The molecule has 1 N–H and O–H groups in total. The predicted molar refractivity (Wildman–Crippen MR) is 134 cm³/mol. The van der Waals surface area contributed by atoms with Crippen molar-refractivity contribution in [2.45, 2.75) is 33.1 Å². The predicted octanol–water partition coefficient (Wildman–Crippen LogP) is 4.58. The Morgan fingerprint density at radius 1 is 1.00 bits per heavy atom. The van der Waals surface area contributed by atoms with E-state index in [9.17, 15) is 4.79 Å². The number of thiazole rings is 1. The van der Waals surface area contributed by atoms with Crippen LogP contribution in [0.3, 0.4) is 0 Å². The first-order valence-corrected chi connectivity index (χ1v) is 12.6. The van der Waals surface area contributed by atoms with Crippen molar-refractivity contribution in [3.63, 3.8) is 0 Å². The van der Waals surface area contributed by atoms with Crippen LogP contribution >= 0.6 is 11.3 Å². The van der Waals surface area contributed by atoms with Gasteiger partial charge < -0.3 is 10.2 Å². The number of hydrogen-bond acceptors (Lipinski definition) is 5. The van der Waals surface area contributed by atoms with Crippen molar-refractivity contribution in [1.29, 1.82) is 0 Å². The van der Waals surface area contributed by atoms with Crippen LogP contribution in [0, 0.1) is 5.41 Å². The standard InChI is InChI=1S/C26H34N4OS/c1-3-26(4-2,20-24-28-22-12-8-9-13-23(22)32-24)25(31)27-14-15-29-16-18-30(19-17-29)21-10-6-5-7-11-21/h5-13H,3-4,14-20H2,1-2H3,(H,27,31). The first kappa shape index (κ1) is 22.7. The third kappa shape index (κ3) is 5.13. The molecule has 1 aliphatic heterocycles. The Balaban J connectivity index is 1.28. The van der Waals surface area contributed by atoms with Crippen molar-refractivity contribution in [1.82, 2.24) is 15.2 Å². The number of nitrogens with zero attached hydrogens (tertiary/aromatic N) is 3. The SMILES string of the molecule is CCC(CC)(Cc1nc2ccccc2s1)C(=O)NCCN1CCN(c2ccccc2)CC1. The topological polar surface area (TPSA) is 48.5 Å². The Kier molecular flexibility index (Phi) is 7.43. The molecule has 1 aliphatic rings. The molecule has 170 valence electrons. The molecule has 2 aromatic carbocycles. The summed E-state index contributed by atoms with van der Waals surface area (Å²) >= 11 is 1.71. The van der Waals surface area contributed by atoms with Gasteiger partial charge in [0, 0.05) is 51.4 Å². The highest BCUT2D eigenvalue weighted by Crippen LogP contribution is 2.34. The lowest BCUT2D eigenvalue weighted by Crippen LogP contribution is -2.50. The molecule has 0 aliphatic carbocycles. The van der Waals surface area contributed by atoms with Gasteiger partial charge in [-0.25, -0.2) is 4.98 Å². The minimum atomic E-state index is -0.389. The summed E-state index contributed by atoms with van der Waals surface area (Å²) in [4.78, 5) is 22.9. The van der Waals surface area contributed by atoms with Crippen LogP contribution in [0.15, 0.2) is 54.6 Å². The number of amides is 1. The minimum Gasteiger partial charge on any atom is -0.369 e. The van der Waals surface area contributed by atoms with Crippen molar-refractivity contribution >= 4 is 33.1 Å². The fourth-order valence-electron chi connectivity index (χ4n) is 4.57. The molecule has 4 rings (SSSR count). The van der Waals surface area contributed by atoms with Gasteiger partial charge in [-0.1, -0.05) is 44.2 Å². The van der Waals surface area contributed by atoms with Crippen molar-refractivity contribution < 1.29 is 4.79 Å². The molecule has 32 heavy (non-hydrogen) atoms. The summed E-state index contributed by atoms with van der Waals surface area (Å²) in [6.07, 6.45) is 2.35. The number of piperazine rings is 1. The molecule has 5 nitrogen and oxygen atoms in total. The lowest BCUT2D eigenvalue weighted by molar-refractivity contribution is -0.131. The van der Waals surface area contributed by atoms with Crippen LogP contribution in [0.4, 0.5) is 5.69 Å². The Morgan fingerprint density at radius 2 is 1.69 bits per heavy atom. The molecule has 2 heterocycles. The monoisotopic (exact) mass is 450 g/mol. The summed E-state index contributed by atoms with van der Waals surface area (Å²) in [5.41, 5.74) is 1.94. The molecule has 1 aromatic heterocycles. The molecular formula is C26H34N4OS. The molecule has 0 atom stereocenters. The van der Waals surface area contributed by atoms with Gasteiger partial charge in [-0.2, -0.15) is 0 Å². The fourth-order valence-corrected chi connectivity index (χ4v) is 5.68. The van der Waals surface area contributed by atoms with Crippen LogP contribution in [0.5, 0.6) is 0 Å². The number of para-hydroxylation sites is 2. The lowest BCUT2D eigenvalue weighted by atomic mass is 9.78. The van der Waals surface area contributed by atoms with Crippen LogP contribution in [0.1, 0.15) is 31.7 Å². The van der Waals surface area contributed by atoms with Gasteiger partial charge in [-0.05, 0) is 37.1 Å². The molecular weight excluding hydrogens is 416 g/mol. The van der Waals surface area contributed by atoms with E-state index in [4.69, 9.17) is 4.98 Å². The molecule has 1 amide bonds. The van der Waals surface area contributed by atoms with Gasteiger partial charge in [0.2, 0.25) is 5.91 Å². The van der Waals surface area contributed by atoms with E-state index in [0.717, 1.165) is 56.1 Å². The highest BCUT2D eigenvalue weighted by atomic mass is 32.1. The number of aromatic nitrogens is 1. The highest BCUT2D eigenvalue weighted by Gasteiger charge is 2.36. The van der Waals surface area contributed by atoms with Gasteiger partial charge in [0.05, 0.1) is 20.6 Å². The normalized spacial score (nSPS) is 15.2. The smallest absolute Gasteiger partial charge is 0.226 e. The third-order valence-corrected chi connectivity index (χ3v) is 7.91. The zero-order valence-electron chi connectivity index (χ0n) is 19.2. The van der Waals surface area contributed by atoms with E-state index in [1.54, 1.807) is 11.3 Å². The van der Waals surface area contributed by atoms with E-state index < -0.39 is 0 Å². The average molecular weight is 451 g/mol. The summed E-state index contributed by atoms with van der Waals surface area (Å²) in [6.45, 7) is 9.97. The zero-order valence-corrected chi connectivity index (χ0v) is 20.0. The number of fused-ring (bicyclic) bond motifs is 1. The third-order valence-electron chi connectivity index (χ3n) is 6.87. The number of carbonyl (C=O) groups is 1. The second-order valence-corrected chi connectivity index (χ2v) is 9.77. The quantitative estimate of drug-likeness (QED) is 0.518. The van der Waals surface area contributed by atoms with E-state index in [2.05, 4.69) is 65.4 Å². The summed E-state index contributed by atoms with van der Waals surface area (Å²) in [7, 11) is 0. The number of hydrogen-bond donors (Lipinski definition) is 1. The number of rotatable bonds is 9. The second-order valence-electron chi connectivity index (χ2n) is 8.66. The molecule has 0 saturated carbocycles. The first-order valence-electron chi connectivity index (χ1n) is 11.8. The van der Waals surface area contributed by atoms with Gasteiger partial charge in [-0.3, -0.25) is 9.69 Å².